The standard InChI is InChI=1S/C10H6BrNS2/c11-8-4-6(1-2-12)3-7-9(13)5-14-10(7)8/h3-5,13H,1H2. The molecule has 1 aromatic heterocycles. The molecule has 4 heteroatoms. The molecule has 2 aromatic rings. The lowest BCUT2D eigenvalue weighted by atomic mass is 10.1. The van der Waals surface area contributed by atoms with E-state index in [4.69, 9.17) is 5.26 Å². The second kappa shape index (κ2) is 3.93. The fraction of sp³-hybridized carbons (Fsp3) is 0.100. The van der Waals surface area contributed by atoms with Crippen molar-refractivity contribution in [2.75, 3.05) is 0 Å². The number of hydrogen-bond donors (Lipinski definition) is 1. The highest BCUT2D eigenvalue weighted by Gasteiger charge is 2.06. The van der Waals surface area contributed by atoms with E-state index in [0.29, 0.717) is 6.42 Å². The van der Waals surface area contributed by atoms with Gasteiger partial charge in [-0.3, -0.25) is 0 Å². The van der Waals surface area contributed by atoms with Gasteiger partial charge in [0.05, 0.1) is 12.5 Å². The van der Waals surface area contributed by atoms with Crippen molar-refractivity contribution in [1.29, 1.82) is 5.26 Å². The topological polar surface area (TPSA) is 23.8 Å². The highest BCUT2D eigenvalue weighted by atomic mass is 79.9. The van der Waals surface area contributed by atoms with Crippen LogP contribution in [0.25, 0.3) is 10.1 Å². The Morgan fingerprint density at radius 3 is 3.00 bits per heavy atom. The van der Waals surface area contributed by atoms with Gasteiger partial charge in [0.1, 0.15) is 0 Å². The van der Waals surface area contributed by atoms with Crippen LogP contribution in [-0.4, -0.2) is 0 Å². The first-order chi connectivity index (χ1) is 6.72. The minimum Gasteiger partial charge on any atom is -0.198 e. The van der Waals surface area contributed by atoms with Gasteiger partial charge in [0.15, 0.2) is 0 Å². The zero-order chi connectivity index (χ0) is 10.1. The van der Waals surface area contributed by atoms with E-state index in [-0.39, 0.29) is 0 Å². The molecule has 0 N–H and O–H groups in total. The third kappa shape index (κ3) is 1.68. The van der Waals surface area contributed by atoms with Crippen LogP contribution >= 0.6 is 39.9 Å². The number of fused-ring (bicyclic) bond motifs is 1. The molecule has 1 aromatic carbocycles. The van der Waals surface area contributed by atoms with Gasteiger partial charge in [0.2, 0.25) is 0 Å². The van der Waals surface area contributed by atoms with Gasteiger partial charge in [0, 0.05) is 24.8 Å². The first-order valence-corrected chi connectivity index (χ1v) is 6.10. The van der Waals surface area contributed by atoms with E-state index < -0.39 is 0 Å². The zero-order valence-electron chi connectivity index (χ0n) is 7.12. The monoisotopic (exact) mass is 283 g/mol. The number of thiophene rings is 1. The molecule has 0 saturated carbocycles. The number of nitrogens with zero attached hydrogens (tertiary/aromatic N) is 1. The molecule has 0 aliphatic heterocycles. The predicted octanol–water partition coefficient (Wildman–Crippen LogP) is 4.02. The fourth-order valence-electron chi connectivity index (χ4n) is 1.33. The molecule has 0 amide bonds. The van der Waals surface area contributed by atoms with Gasteiger partial charge >= 0.3 is 0 Å². The summed E-state index contributed by atoms with van der Waals surface area (Å²) >= 11 is 9.53. The lowest BCUT2D eigenvalue weighted by Crippen LogP contribution is -1.81. The van der Waals surface area contributed by atoms with Crippen LogP contribution in [0, 0.1) is 11.3 Å². The maximum absolute atomic E-state index is 8.62. The summed E-state index contributed by atoms with van der Waals surface area (Å²) < 4.78 is 2.24. The van der Waals surface area contributed by atoms with Crippen LogP contribution in [-0.2, 0) is 6.42 Å². The number of nitriles is 1. The van der Waals surface area contributed by atoms with Gasteiger partial charge in [-0.15, -0.1) is 24.0 Å². The number of benzene rings is 1. The summed E-state index contributed by atoms with van der Waals surface area (Å²) in [6.07, 6.45) is 0.442. The van der Waals surface area contributed by atoms with Crippen molar-refractivity contribution < 1.29 is 0 Å². The molecule has 2 rings (SSSR count). The second-order valence-corrected chi connectivity index (χ2v) is 5.13. The van der Waals surface area contributed by atoms with Crippen molar-refractivity contribution in [3.05, 3.63) is 27.5 Å². The summed E-state index contributed by atoms with van der Waals surface area (Å²) in [4.78, 5) is 0.977. The van der Waals surface area contributed by atoms with Crippen molar-refractivity contribution in [3.8, 4) is 6.07 Å². The van der Waals surface area contributed by atoms with Gasteiger partial charge in [-0.05, 0) is 33.6 Å². The van der Waals surface area contributed by atoms with Crippen LogP contribution < -0.4 is 0 Å². The molecule has 0 radical (unpaired) electrons. The quantitative estimate of drug-likeness (QED) is 0.786. The predicted molar refractivity (Wildman–Crippen MR) is 66.1 cm³/mol. The van der Waals surface area contributed by atoms with E-state index in [1.165, 1.54) is 4.70 Å². The molecule has 0 aliphatic carbocycles. The highest BCUT2D eigenvalue weighted by Crippen LogP contribution is 2.35. The maximum atomic E-state index is 8.62. The van der Waals surface area contributed by atoms with Crippen molar-refractivity contribution >= 4 is 50.0 Å². The Morgan fingerprint density at radius 2 is 2.29 bits per heavy atom. The molecule has 0 aliphatic rings. The minimum absolute atomic E-state index is 0.442. The van der Waals surface area contributed by atoms with Crippen LogP contribution in [0.1, 0.15) is 5.56 Å². The molecule has 0 saturated heterocycles. The van der Waals surface area contributed by atoms with Crippen molar-refractivity contribution in [2.45, 2.75) is 11.3 Å². The molecule has 1 heterocycles. The van der Waals surface area contributed by atoms with Crippen LogP contribution in [0.4, 0.5) is 0 Å². The van der Waals surface area contributed by atoms with Crippen molar-refractivity contribution in [3.63, 3.8) is 0 Å². The molecule has 0 spiro atoms. The third-order valence-electron chi connectivity index (χ3n) is 1.95. The number of halogens is 1. The molecule has 0 bridgehead atoms. The van der Waals surface area contributed by atoms with E-state index in [1.807, 2.05) is 17.5 Å². The third-order valence-corrected chi connectivity index (χ3v) is 4.41. The van der Waals surface area contributed by atoms with E-state index >= 15 is 0 Å². The van der Waals surface area contributed by atoms with Gasteiger partial charge in [-0.2, -0.15) is 5.26 Å². The molecule has 1 nitrogen and oxygen atoms in total. The van der Waals surface area contributed by atoms with Crippen LogP contribution in [0.5, 0.6) is 0 Å². The first-order valence-electron chi connectivity index (χ1n) is 3.98. The largest absolute Gasteiger partial charge is 0.198 e. The summed E-state index contributed by atoms with van der Waals surface area (Å²) in [6, 6.07) is 6.17. The van der Waals surface area contributed by atoms with E-state index in [2.05, 4.69) is 34.6 Å². The summed E-state index contributed by atoms with van der Waals surface area (Å²) in [7, 11) is 0. The molecule has 0 atom stereocenters. The smallest absolute Gasteiger partial charge is 0.0669 e. The van der Waals surface area contributed by atoms with E-state index in [0.717, 1.165) is 20.3 Å². The van der Waals surface area contributed by atoms with Gasteiger partial charge in [0.25, 0.3) is 0 Å². The minimum atomic E-state index is 0.442. The average molecular weight is 284 g/mol. The molecule has 14 heavy (non-hydrogen) atoms. The van der Waals surface area contributed by atoms with Gasteiger partial charge < -0.3 is 0 Å². The first kappa shape index (κ1) is 10.0. The molecule has 0 unspecified atom stereocenters. The zero-order valence-corrected chi connectivity index (χ0v) is 10.4. The fourth-order valence-corrected chi connectivity index (χ4v) is 3.35. The number of rotatable bonds is 1. The highest BCUT2D eigenvalue weighted by molar-refractivity contribution is 9.10. The lowest BCUT2D eigenvalue weighted by Gasteiger charge is -1.99. The maximum Gasteiger partial charge on any atom is 0.0669 e. The Bertz CT molecular complexity index is 525. The van der Waals surface area contributed by atoms with Crippen LogP contribution in [0.2, 0.25) is 0 Å². The van der Waals surface area contributed by atoms with E-state index in [1.54, 1.807) is 11.3 Å². The number of thiol groups is 1. The Balaban J connectivity index is 2.70. The molecule has 70 valence electrons. The summed E-state index contributed by atoms with van der Waals surface area (Å²) in [6.45, 7) is 0. The van der Waals surface area contributed by atoms with Gasteiger partial charge in [-0.25, -0.2) is 0 Å². The Hall–Kier alpha value is -0.500. The van der Waals surface area contributed by atoms with E-state index in [9.17, 15) is 0 Å². The number of hydrogen-bond acceptors (Lipinski definition) is 3. The SMILES string of the molecule is N#CCc1cc(Br)c2scc(S)c2c1. The van der Waals surface area contributed by atoms with Crippen LogP contribution in [0.3, 0.4) is 0 Å². The Kier molecular flexibility index (Phi) is 2.82. The second-order valence-electron chi connectivity index (χ2n) is 2.91. The van der Waals surface area contributed by atoms with Crippen LogP contribution in [0.15, 0.2) is 26.9 Å². The normalized spacial score (nSPS) is 10.4. The summed E-state index contributed by atoms with van der Waals surface area (Å²) in [5.74, 6) is 0. The van der Waals surface area contributed by atoms with Crippen molar-refractivity contribution in [1.82, 2.24) is 0 Å². The average Bonchev–Trinajstić information content (AvgIpc) is 2.49. The summed E-state index contributed by atoms with van der Waals surface area (Å²) in [5.41, 5.74) is 1.03. The molecular formula is C10H6BrNS2. The lowest BCUT2D eigenvalue weighted by molar-refractivity contribution is 1.27. The van der Waals surface area contributed by atoms with Crippen molar-refractivity contribution in [2.24, 2.45) is 0 Å². The Labute approximate surface area is 99.9 Å². The Morgan fingerprint density at radius 1 is 1.50 bits per heavy atom. The van der Waals surface area contributed by atoms with Gasteiger partial charge in [-0.1, -0.05) is 0 Å². The molecular weight excluding hydrogens is 278 g/mol. The molecule has 0 fully saturated rings. The summed E-state index contributed by atoms with van der Waals surface area (Å²) in [5, 5.41) is 11.8.